The number of carbonyl (C=O) groups is 2. The van der Waals surface area contributed by atoms with E-state index in [4.69, 9.17) is 5.73 Å². The lowest BCUT2D eigenvalue weighted by molar-refractivity contribution is 0.0988. The maximum absolute atomic E-state index is 12.2. The Hall–Kier alpha value is -2.42. The van der Waals surface area contributed by atoms with Crippen LogP contribution >= 0.6 is 0 Å². The molecular formula is C16H15NO2. The van der Waals surface area contributed by atoms with Crippen molar-refractivity contribution in [1.82, 2.24) is 0 Å². The SMILES string of the molecule is Cc1ccccc1C(=O)Cc1ccc(C(N)=O)cc1. The summed E-state index contributed by atoms with van der Waals surface area (Å²) in [5.74, 6) is -0.387. The minimum atomic E-state index is -0.461. The Kier molecular flexibility index (Phi) is 3.76. The van der Waals surface area contributed by atoms with Crippen LogP contribution in [-0.2, 0) is 6.42 Å². The largest absolute Gasteiger partial charge is 0.366 e. The van der Waals surface area contributed by atoms with Crippen LogP contribution in [0.25, 0.3) is 0 Å². The first-order chi connectivity index (χ1) is 9.08. The van der Waals surface area contributed by atoms with Gasteiger partial charge in [0.15, 0.2) is 5.78 Å². The molecule has 96 valence electrons. The van der Waals surface area contributed by atoms with Gasteiger partial charge in [0.25, 0.3) is 0 Å². The van der Waals surface area contributed by atoms with Crippen molar-refractivity contribution < 1.29 is 9.59 Å². The predicted octanol–water partition coefficient (Wildman–Crippen LogP) is 2.52. The number of benzene rings is 2. The second kappa shape index (κ2) is 5.48. The average molecular weight is 253 g/mol. The molecule has 2 aromatic rings. The maximum atomic E-state index is 12.2. The van der Waals surface area contributed by atoms with Crippen LogP contribution in [0.5, 0.6) is 0 Å². The van der Waals surface area contributed by atoms with Crippen LogP contribution in [0.4, 0.5) is 0 Å². The quantitative estimate of drug-likeness (QED) is 0.851. The Labute approximate surface area is 112 Å². The van der Waals surface area contributed by atoms with Crippen molar-refractivity contribution in [2.75, 3.05) is 0 Å². The van der Waals surface area contributed by atoms with Gasteiger partial charge in [0.05, 0.1) is 0 Å². The molecule has 0 fully saturated rings. The number of amides is 1. The van der Waals surface area contributed by atoms with Crippen LogP contribution in [0.15, 0.2) is 48.5 Å². The summed E-state index contributed by atoms with van der Waals surface area (Å²) in [6, 6.07) is 14.3. The zero-order valence-electron chi connectivity index (χ0n) is 10.7. The topological polar surface area (TPSA) is 60.2 Å². The summed E-state index contributed by atoms with van der Waals surface area (Å²) in [5, 5.41) is 0. The summed E-state index contributed by atoms with van der Waals surface area (Å²) in [5.41, 5.74) is 8.21. The van der Waals surface area contributed by atoms with Gasteiger partial charge in [-0.3, -0.25) is 9.59 Å². The fourth-order valence-corrected chi connectivity index (χ4v) is 1.95. The summed E-state index contributed by atoms with van der Waals surface area (Å²) in [7, 11) is 0. The Morgan fingerprint density at radius 1 is 1.00 bits per heavy atom. The number of primary amides is 1. The lowest BCUT2D eigenvalue weighted by Crippen LogP contribution is -2.11. The van der Waals surface area contributed by atoms with Crippen LogP contribution in [0, 0.1) is 6.92 Å². The molecule has 2 aromatic carbocycles. The van der Waals surface area contributed by atoms with Gasteiger partial charge in [0.1, 0.15) is 0 Å². The van der Waals surface area contributed by atoms with E-state index in [0.717, 1.165) is 16.7 Å². The van der Waals surface area contributed by atoms with Gasteiger partial charge in [0.2, 0.25) is 5.91 Å². The van der Waals surface area contributed by atoms with E-state index in [0.29, 0.717) is 12.0 Å². The molecule has 0 heterocycles. The third-order valence-corrected chi connectivity index (χ3v) is 3.05. The zero-order chi connectivity index (χ0) is 13.8. The van der Waals surface area contributed by atoms with Crippen molar-refractivity contribution >= 4 is 11.7 Å². The molecular weight excluding hydrogens is 238 g/mol. The molecule has 0 spiro atoms. The van der Waals surface area contributed by atoms with Crippen molar-refractivity contribution in [2.24, 2.45) is 5.73 Å². The van der Waals surface area contributed by atoms with Crippen LogP contribution in [0.1, 0.15) is 31.8 Å². The van der Waals surface area contributed by atoms with Gasteiger partial charge in [-0.05, 0) is 30.2 Å². The molecule has 19 heavy (non-hydrogen) atoms. The summed E-state index contributed by atoms with van der Waals surface area (Å²) in [6.07, 6.45) is 0.323. The van der Waals surface area contributed by atoms with E-state index in [-0.39, 0.29) is 5.78 Å². The van der Waals surface area contributed by atoms with Crippen LogP contribution in [-0.4, -0.2) is 11.7 Å². The van der Waals surface area contributed by atoms with Gasteiger partial charge in [-0.2, -0.15) is 0 Å². The van der Waals surface area contributed by atoms with E-state index in [1.54, 1.807) is 24.3 Å². The predicted molar refractivity (Wildman–Crippen MR) is 74.2 cm³/mol. The first-order valence-electron chi connectivity index (χ1n) is 6.05. The number of hydrogen-bond donors (Lipinski definition) is 1. The Morgan fingerprint density at radius 3 is 2.21 bits per heavy atom. The second-order valence-electron chi connectivity index (χ2n) is 4.48. The normalized spacial score (nSPS) is 10.2. The molecule has 0 saturated carbocycles. The van der Waals surface area contributed by atoms with E-state index < -0.39 is 5.91 Å². The molecule has 0 atom stereocenters. The highest BCUT2D eigenvalue weighted by molar-refractivity contribution is 5.99. The lowest BCUT2D eigenvalue weighted by Gasteiger charge is -2.05. The van der Waals surface area contributed by atoms with Gasteiger partial charge in [-0.25, -0.2) is 0 Å². The number of Topliss-reactive ketones (excluding diaryl/α,β-unsaturated/α-hetero) is 1. The standard InChI is InChI=1S/C16H15NO2/c1-11-4-2-3-5-14(11)15(18)10-12-6-8-13(9-7-12)16(17)19/h2-9H,10H2,1H3,(H2,17,19). The van der Waals surface area contributed by atoms with Crippen molar-refractivity contribution in [3.8, 4) is 0 Å². The molecule has 0 unspecified atom stereocenters. The number of rotatable bonds is 4. The smallest absolute Gasteiger partial charge is 0.248 e. The highest BCUT2D eigenvalue weighted by atomic mass is 16.1. The molecule has 0 saturated heterocycles. The second-order valence-corrected chi connectivity index (χ2v) is 4.48. The van der Waals surface area contributed by atoms with Crippen molar-refractivity contribution in [2.45, 2.75) is 13.3 Å². The van der Waals surface area contributed by atoms with E-state index in [9.17, 15) is 9.59 Å². The first-order valence-corrected chi connectivity index (χ1v) is 6.05. The molecule has 0 bridgehead atoms. The third kappa shape index (κ3) is 3.07. The first kappa shape index (κ1) is 13.0. The molecule has 2 N–H and O–H groups in total. The molecule has 0 radical (unpaired) electrons. The maximum Gasteiger partial charge on any atom is 0.248 e. The van der Waals surface area contributed by atoms with Crippen LogP contribution < -0.4 is 5.73 Å². The van der Waals surface area contributed by atoms with Gasteiger partial charge >= 0.3 is 0 Å². The highest BCUT2D eigenvalue weighted by Crippen LogP contribution is 2.12. The van der Waals surface area contributed by atoms with Gasteiger partial charge in [-0.1, -0.05) is 36.4 Å². The summed E-state index contributed by atoms with van der Waals surface area (Å²) < 4.78 is 0. The van der Waals surface area contributed by atoms with Gasteiger partial charge in [0, 0.05) is 17.5 Å². The molecule has 3 nitrogen and oxygen atoms in total. The Morgan fingerprint density at radius 2 is 1.63 bits per heavy atom. The molecule has 0 aliphatic heterocycles. The number of ketones is 1. The zero-order valence-corrected chi connectivity index (χ0v) is 10.7. The number of hydrogen-bond acceptors (Lipinski definition) is 2. The minimum absolute atomic E-state index is 0.0740. The molecule has 1 amide bonds. The van der Waals surface area contributed by atoms with Crippen molar-refractivity contribution in [3.05, 3.63) is 70.8 Å². The van der Waals surface area contributed by atoms with Gasteiger partial charge in [-0.15, -0.1) is 0 Å². The Bertz CT molecular complexity index is 615. The van der Waals surface area contributed by atoms with E-state index >= 15 is 0 Å². The molecule has 0 aliphatic rings. The van der Waals surface area contributed by atoms with E-state index in [2.05, 4.69) is 0 Å². The fourth-order valence-electron chi connectivity index (χ4n) is 1.95. The summed E-state index contributed by atoms with van der Waals surface area (Å²) in [6.45, 7) is 1.92. The fraction of sp³-hybridized carbons (Fsp3) is 0.125. The molecule has 0 aliphatic carbocycles. The number of nitrogens with two attached hydrogens (primary N) is 1. The van der Waals surface area contributed by atoms with Gasteiger partial charge < -0.3 is 5.73 Å². The number of aryl methyl sites for hydroxylation is 1. The molecule has 3 heteroatoms. The van der Waals surface area contributed by atoms with Crippen molar-refractivity contribution in [1.29, 1.82) is 0 Å². The Balaban J connectivity index is 2.15. The van der Waals surface area contributed by atoms with Crippen LogP contribution in [0.2, 0.25) is 0 Å². The van der Waals surface area contributed by atoms with E-state index in [1.807, 2.05) is 31.2 Å². The third-order valence-electron chi connectivity index (χ3n) is 3.05. The minimum Gasteiger partial charge on any atom is -0.366 e. The summed E-state index contributed by atoms with van der Waals surface area (Å²) >= 11 is 0. The lowest BCUT2D eigenvalue weighted by atomic mass is 9.99. The molecule has 2 rings (SSSR count). The van der Waals surface area contributed by atoms with E-state index in [1.165, 1.54) is 0 Å². The molecule has 0 aromatic heterocycles. The monoisotopic (exact) mass is 253 g/mol. The summed E-state index contributed by atoms with van der Waals surface area (Å²) in [4.78, 5) is 23.1. The van der Waals surface area contributed by atoms with Crippen LogP contribution in [0.3, 0.4) is 0 Å². The number of carbonyl (C=O) groups excluding carboxylic acids is 2. The highest BCUT2D eigenvalue weighted by Gasteiger charge is 2.09. The van der Waals surface area contributed by atoms with Crippen molar-refractivity contribution in [3.63, 3.8) is 0 Å². The average Bonchev–Trinajstić information content (AvgIpc) is 2.39.